The summed E-state index contributed by atoms with van der Waals surface area (Å²) in [6.45, 7) is -3.24. The van der Waals surface area contributed by atoms with Crippen LogP contribution in [0.4, 0.5) is 22.0 Å². The maximum absolute atomic E-state index is 12.3. The Bertz CT molecular complexity index is 421. The molecule has 0 aromatic heterocycles. The summed E-state index contributed by atoms with van der Waals surface area (Å²) in [5.41, 5.74) is -1.60. The Morgan fingerprint density at radius 3 is 2.25 bits per heavy atom. The van der Waals surface area contributed by atoms with Gasteiger partial charge >= 0.3 is 12.8 Å². The van der Waals surface area contributed by atoms with Gasteiger partial charge in [0.15, 0.2) is 0 Å². The lowest BCUT2D eigenvalue weighted by Gasteiger charge is -2.10. The van der Waals surface area contributed by atoms with Crippen molar-refractivity contribution in [1.29, 1.82) is 5.26 Å². The highest BCUT2D eigenvalue weighted by atomic mass is 19.4. The van der Waals surface area contributed by atoms with Crippen molar-refractivity contribution in [2.75, 3.05) is 0 Å². The van der Waals surface area contributed by atoms with E-state index in [1.54, 1.807) is 0 Å². The van der Waals surface area contributed by atoms with Crippen molar-refractivity contribution < 1.29 is 26.7 Å². The molecule has 7 heteroatoms. The normalized spacial score (nSPS) is 11.3. The highest BCUT2D eigenvalue weighted by Crippen LogP contribution is 2.32. The van der Waals surface area contributed by atoms with Gasteiger partial charge in [-0.3, -0.25) is 0 Å². The van der Waals surface area contributed by atoms with Gasteiger partial charge in [0, 0.05) is 0 Å². The highest BCUT2D eigenvalue weighted by molar-refractivity contribution is 5.41. The number of rotatable bonds is 2. The van der Waals surface area contributed by atoms with Gasteiger partial charge in [-0.05, 0) is 18.2 Å². The third kappa shape index (κ3) is 3.08. The van der Waals surface area contributed by atoms with Crippen LogP contribution in [0.3, 0.4) is 0 Å². The number of hydrogen-bond acceptors (Lipinski definition) is 2. The van der Waals surface area contributed by atoms with Crippen LogP contribution in [-0.4, -0.2) is 6.61 Å². The zero-order valence-electron chi connectivity index (χ0n) is 7.55. The van der Waals surface area contributed by atoms with Crippen LogP contribution in [0.2, 0.25) is 0 Å². The minimum atomic E-state index is -4.72. The molecule has 0 heterocycles. The summed E-state index contributed by atoms with van der Waals surface area (Å²) in [4.78, 5) is 0. The van der Waals surface area contributed by atoms with Crippen LogP contribution in [0.15, 0.2) is 18.2 Å². The number of nitrogens with zero attached hydrogens (tertiary/aromatic N) is 1. The fraction of sp³-hybridized carbons (Fsp3) is 0.222. The predicted molar refractivity (Wildman–Crippen MR) is 42.8 cm³/mol. The first kappa shape index (κ1) is 12.2. The van der Waals surface area contributed by atoms with E-state index >= 15 is 0 Å². The molecule has 0 amide bonds. The lowest BCUT2D eigenvalue weighted by atomic mass is 10.1. The average Bonchev–Trinajstić information content (AvgIpc) is 2.14. The van der Waals surface area contributed by atoms with Crippen LogP contribution >= 0.6 is 0 Å². The molecule has 0 aliphatic heterocycles. The molecule has 0 aliphatic carbocycles. The quantitative estimate of drug-likeness (QED) is 0.740. The lowest BCUT2D eigenvalue weighted by molar-refractivity contribution is -0.138. The number of halogens is 5. The standard InChI is InChI=1S/C9H4F5NO/c10-8(11)16-7-2-5(4-15)1-6(3-7)9(12,13)14/h1-3,8H. The second-order valence-corrected chi connectivity index (χ2v) is 2.73. The van der Waals surface area contributed by atoms with Gasteiger partial charge in [0.05, 0.1) is 17.2 Å². The van der Waals surface area contributed by atoms with Crippen molar-refractivity contribution in [1.82, 2.24) is 0 Å². The summed E-state index contributed by atoms with van der Waals surface area (Å²) in [5.74, 6) is -0.693. The molecular formula is C9H4F5NO. The second kappa shape index (κ2) is 4.35. The van der Waals surface area contributed by atoms with E-state index in [-0.39, 0.29) is 0 Å². The molecule has 1 rings (SSSR count). The van der Waals surface area contributed by atoms with Gasteiger partial charge in [-0.25, -0.2) is 0 Å². The minimum Gasteiger partial charge on any atom is -0.435 e. The molecule has 0 atom stereocenters. The molecule has 0 radical (unpaired) electrons. The zero-order chi connectivity index (χ0) is 12.3. The first-order chi connectivity index (χ1) is 7.32. The van der Waals surface area contributed by atoms with Crippen LogP contribution in [0, 0.1) is 11.3 Å². The second-order valence-electron chi connectivity index (χ2n) is 2.73. The van der Waals surface area contributed by atoms with E-state index in [1.165, 1.54) is 6.07 Å². The molecular weight excluding hydrogens is 233 g/mol. The zero-order valence-corrected chi connectivity index (χ0v) is 7.55. The van der Waals surface area contributed by atoms with Gasteiger partial charge in [0.2, 0.25) is 0 Å². The molecule has 0 saturated heterocycles. The van der Waals surface area contributed by atoms with Gasteiger partial charge < -0.3 is 4.74 Å². The molecule has 0 unspecified atom stereocenters. The third-order valence-corrected chi connectivity index (χ3v) is 1.59. The van der Waals surface area contributed by atoms with Crippen molar-refractivity contribution in [2.45, 2.75) is 12.8 Å². The number of nitriles is 1. The van der Waals surface area contributed by atoms with Crippen LogP contribution < -0.4 is 4.74 Å². The molecule has 0 spiro atoms. The molecule has 0 saturated carbocycles. The van der Waals surface area contributed by atoms with Crippen molar-refractivity contribution in [3.63, 3.8) is 0 Å². The van der Waals surface area contributed by atoms with E-state index in [9.17, 15) is 22.0 Å². The van der Waals surface area contributed by atoms with Crippen molar-refractivity contribution in [2.24, 2.45) is 0 Å². The predicted octanol–water partition coefficient (Wildman–Crippen LogP) is 3.18. The van der Waals surface area contributed by atoms with E-state index in [0.717, 1.165) is 6.07 Å². The van der Waals surface area contributed by atoms with Crippen LogP contribution in [0.1, 0.15) is 11.1 Å². The average molecular weight is 237 g/mol. The fourth-order valence-corrected chi connectivity index (χ4v) is 0.998. The molecule has 16 heavy (non-hydrogen) atoms. The Morgan fingerprint density at radius 1 is 1.19 bits per heavy atom. The van der Waals surface area contributed by atoms with E-state index in [4.69, 9.17) is 5.26 Å². The first-order valence-electron chi connectivity index (χ1n) is 3.90. The van der Waals surface area contributed by atoms with Crippen LogP contribution in [-0.2, 0) is 6.18 Å². The van der Waals surface area contributed by atoms with Gasteiger partial charge in [0.1, 0.15) is 5.75 Å². The summed E-state index contributed by atoms with van der Waals surface area (Å²) < 4.78 is 64.2. The number of ether oxygens (including phenoxy) is 1. The van der Waals surface area contributed by atoms with E-state index in [0.29, 0.717) is 12.1 Å². The SMILES string of the molecule is N#Cc1cc(OC(F)F)cc(C(F)(F)F)c1. The molecule has 0 fully saturated rings. The summed E-state index contributed by atoms with van der Waals surface area (Å²) in [6, 6.07) is 3.20. The first-order valence-corrected chi connectivity index (χ1v) is 3.90. The maximum atomic E-state index is 12.3. The fourth-order valence-electron chi connectivity index (χ4n) is 0.998. The largest absolute Gasteiger partial charge is 0.435 e. The molecule has 86 valence electrons. The Hall–Kier alpha value is -1.84. The summed E-state index contributed by atoms with van der Waals surface area (Å²) >= 11 is 0. The minimum absolute atomic E-state index is 0.398. The lowest BCUT2D eigenvalue weighted by Crippen LogP contribution is -2.08. The Kier molecular flexibility index (Phi) is 3.32. The molecule has 0 bridgehead atoms. The third-order valence-electron chi connectivity index (χ3n) is 1.59. The Morgan fingerprint density at radius 2 is 1.81 bits per heavy atom. The molecule has 2 nitrogen and oxygen atoms in total. The molecule has 1 aromatic carbocycles. The number of hydrogen-bond donors (Lipinski definition) is 0. The van der Waals surface area contributed by atoms with E-state index in [1.807, 2.05) is 0 Å². The Balaban J connectivity index is 3.17. The monoisotopic (exact) mass is 237 g/mol. The summed E-state index contributed by atoms with van der Waals surface area (Å²) in [5, 5.41) is 8.43. The van der Waals surface area contributed by atoms with E-state index in [2.05, 4.69) is 4.74 Å². The maximum Gasteiger partial charge on any atom is 0.416 e. The number of benzene rings is 1. The van der Waals surface area contributed by atoms with Gasteiger partial charge in [-0.2, -0.15) is 27.2 Å². The van der Waals surface area contributed by atoms with Gasteiger partial charge in [-0.15, -0.1) is 0 Å². The van der Waals surface area contributed by atoms with E-state index < -0.39 is 29.7 Å². The van der Waals surface area contributed by atoms with Crippen LogP contribution in [0.25, 0.3) is 0 Å². The topological polar surface area (TPSA) is 33.0 Å². The van der Waals surface area contributed by atoms with Gasteiger partial charge in [0.25, 0.3) is 0 Å². The molecule has 0 aliphatic rings. The van der Waals surface area contributed by atoms with Crippen molar-refractivity contribution >= 4 is 0 Å². The number of alkyl halides is 5. The molecule has 0 N–H and O–H groups in total. The van der Waals surface area contributed by atoms with Crippen molar-refractivity contribution in [3.05, 3.63) is 29.3 Å². The molecule has 1 aromatic rings. The Labute approximate surface area is 86.9 Å². The van der Waals surface area contributed by atoms with Gasteiger partial charge in [-0.1, -0.05) is 0 Å². The van der Waals surface area contributed by atoms with Crippen LogP contribution in [0.5, 0.6) is 5.75 Å². The smallest absolute Gasteiger partial charge is 0.416 e. The summed E-state index contributed by atoms with van der Waals surface area (Å²) in [7, 11) is 0. The summed E-state index contributed by atoms with van der Waals surface area (Å²) in [6.07, 6.45) is -4.72. The van der Waals surface area contributed by atoms with Crippen molar-refractivity contribution in [3.8, 4) is 11.8 Å². The highest BCUT2D eigenvalue weighted by Gasteiger charge is 2.31.